The Morgan fingerprint density at radius 1 is 1.31 bits per heavy atom. The molecule has 1 aromatic rings. The number of nitrogens with zero attached hydrogens (tertiary/aromatic N) is 1. The quantitative estimate of drug-likeness (QED) is 0.627. The van der Waals surface area contributed by atoms with Gasteiger partial charge in [-0.15, -0.1) is 0 Å². The van der Waals surface area contributed by atoms with Crippen molar-refractivity contribution >= 4 is 17.4 Å². The summed E-state index contributed by atoms with van der Waals surface area (Å²) in [6.45, 7) is 8.83. The molecule has 1 aromatic heterocycles. The smallest absolute Gasteiger partial charge is 0.126 e. The number of quaternary nitrogens is 1. The fourth-order valence-electron chi connectivity index (χ4n) is 1.45. The zero-order valence-electron chi connectivity index (χ0n) is 9.76. The molecule has 0 aromatic carbocycles. The lowest BCUT2D eigenvalue weighted by Crippen LogP contribution is -3.12. The molecule has 0 saturated carbocycles. The summed E-state index contributed by atoms with van der Waals surface area (Å²) in [5, 5.41) is 3.96. The van der Waals surface area contributed by atoms with E-state index in [9.17, 15) is 0 Å². The van der Waals surface area contributed by atoms with Crippen LogP contribution in [0.4, 0.5) is 5.82 Å². The molecule has 1 heterocycles. The van der Waals surface area contributed by atoms with E-state index in [2.05, 4.69) is 24.1 Å². The summed E-state index contributed by atoms with van der Waals surface area (Å²) in [7, 11) is 0. The van der Waals surface area contributed by atoms with Crippen molar-refractivity contribution in [3.8, 4) is 0 Å². The second-order valence-corrected chi connectivity index (χ2v) is 3.93. The minimum atomic E-state index is 0. The van der Waals surface area contributed by atoms with E-state index in [0.29, 0.717) is 5.02 Å². The summed E-state index contributed by atoms with van der Waals surface area (Å²) in [4.78, 5) is 5.77. The lowest BCUT2D eigenvalue weighted by Gasteiger charge is -2.15. The Morgan fingerprint density at radius 2 is 2.00 bits per heavy atom. The van der Waals surface area contributed by atoms with E-state index < -0.39 is 0 Å². The van der Waals surface area contributed by atoms with Gasteiger partial charge < -0.3 is 22.6 Å². The van der Waals surface area contributed by atoms with Gasteiger partial charge in [0, 0.05) is 6.20 Å². The van der Waals surface area contributed by atoms with Gasteiger partial charge in [-0.3, -0.25) is 0 Å². The topological polar surface area (TPSA) is 29.4 Å². The van der Waals surface area contributed by atoms with Crippen LogP contribution in [-0.2, 0) is 0 Å². The average molecular weight is 264 g/mol. The van der Waals surface area contributed by atoms with Gasteiger partial charge in [0.15, 0.2) is 0 Å². The van der Waals surface area contributed by atoms with Gasteiger partial charge in [0.2, 0.25) is 0 Å². The number of aromatic nitrogens is 1. The summed E-state index contributed by atoms with van der Waals surface area (Å²) in [6.07, 6.45) is 1.66. The minimum absolute atomic E-state index is 0. The van der Waals surface area contributed by atoms with Gasteiger partial charge in [0.25, 0.3) is 0 Å². The summed E-state index contributed by atoms with van der Waals surface area (Å²) < 4.78 is 0. The van der Waals surface area contributed by atoms with E-state index in [0.717, 1.165) is 18.9 Å². The molecule has 0 radical (unpaired) electrons. The number of pyridine rings is 1. The van der Waals surface area contributed by atoms with Gasteiger partial charge in [-0.25, -0.2) is 4.98 Å². The number of nitrogens with one attached hydrogen (secondary N) is 2. The highest BCUT2D eigenvalue weighted by Gasteiger charge is 2.01. The van der Waals surface area contributed by atoms with E-state index in [1.54, 1.807) is 11.1 Å². The second-order valence-electron chi connectivity index (χ2n) is 3.50. The predicted octanol–water partition coefficient (Wildman–Crippen LogP) is -1.92. The molecule has 0 spiro atoms. The summed E-state index contributed by atoms with van der Waals surface area (Å²) in [5.41, 5.74) is 0. The van der Waals surface area contributed by atoms with Crippen molar-refractivity contribution in [3.05, 3.63) is 23.4 Å². The molecule has 0 fully saturated rings. The Bertz CT molecular complexity index is 273. The van der Waals surface area contributed by atoms with Gasteiger partial charge in [-0.05, 0) is 26.0 Å². The van der Waals surface area contributed by atoms with Crippen molar-refractivity contribution < 1.29 is 17.3 Å². The van der Waals surface area contributed by atoms with E-state index in [1.807, 2.05) is 12.1 Å². The summed E-state index contributed by atoms with van der Waals surface area (Å²) >= 11 is 5.75. The molecular formula is C11H19Cl2N3. The Kier molecular flexibility index (Phi) is 8.35. The summed E-state index contributed by atoms with van der Waals surface area (Å²) in [6, 6.07) is 3.75. The number of likely N-dealkylation sites (N-methyl/N-ethyl adjacent to an activating group) is 1. The predicted molar refractivity (Wildman–Crippen MR) is 64.6 cm³/mol. The van der Waals surface area contributed by atoms with Crippen LogP contribution in [0.3, 0.4) is 0 Å². The number of hydrogen-bond donors (Lipinski definition) is 2. The standard InChI is InChI=1S/C11H18ClN3.ClH/c1-3-15(4-2)8-7-13-11-6-5-10(12)9-14-11;/h5-6,9H,3-4,7-8H2,1-2H3,(H,13,14);1H. The van der Waals surface area contributed by atoms with E-state index in [-0.39, 0.29) is 12.4 Å². The zero-order valence-corrected chi connectivity index (χ0v) is 11.3. The number of hydrogen-bond acceptors (Lipinski definition) is 2. The third kappa shape index (κ3) is 5.54. The molecule has 0 bridgehead atoms. The Balaban J connectivity index is 0.00000225. The highest BCUT2D eigenvalue weighted by Crippen LogP contribution is 2.08. The largest absolute Gasteiger partial charge is 1.00 e. The highest BCUT2D eigenvalue weighted by atomic mass is 35.5. The molecule has 0 atom stereocenters. The molecule has 0 unspecified atom stereocenters. The van der Waals surface area contributed by atoms with Crippen LogP contribution in [0.15, 0.2) is 18.3 Å². The molecule has 5 heteroatoms. The first kappa shape index (κ1) is 15.5. The van der Waals surface area contributed by atoms with Crippen molar-refractivity contribution in [1.82, 2.24) is 4.98 Å². The first-order chi connectivity index (χ1) is 7.26. The molecule has 0 aliphatic rings. The second kappa shape index (κ2) is 8.62. The van der Waals surface area contributed by atoms with E-state index in [1.165, 1.54) is 13.1 Å². The molecule has 92 valence electrons. The summed E-state index contributed by atoms with van der Waals surface area (Å²) in [5.74, 6) is 0.894. The molecule has 0 aliphatic carbocycles. The maximum atomic E-state index is 5.75. The molecule has 0 saturated heterocycles. The number of halogens is 2. The van der Waals surface area contributed by atoms with Gasteiger partial charge in [0.05, 0.1) is 31.2 Å². The van der Waals surface area contributed by atoms with Gasteiger partial charge >= 0.3 is 0 Å². The van der Waals surface area contributed by atoms with Gasteiger partial charge in [0.1, 0.15) is 5.82 Å². The normalized spacial score (nSPS) is 10.0. The van der Waals surface area contributed by atoms with Crippen molar-refractivity contribution in [2.24, 2.45) is 0 Å². The first-order valence-electron chi connectivity index (χ1n) is 5.45. The van der Waals surface area contributed by atoms with Crippen LogP contribution in [0.25, 0.3) is 0 Å². The first-order valence-corrected chi connectivity index (χ1v) is 5.83. The molecule has 2 N–H and O–H groups in total. The van der Waals surface area contributed by atoms with Crippen molar-refractivity contribution in [3.63, 3.8) is 0 Å². The molecule has 1 rings (SSSR count). The van der Waals surface area contributed by atoms with Crippen LogP contribution in [0.1, 0.15) is 13.8 Å². The van der Waals surface area contributed by atoms with E-state index in [4.69, 9.17) is 11.6 Å². The SMILES string of the molecule is CC[NH+](CC)CCNc1ccc(Cl)cn1.[Cl-]. The van der Waals surface area contributed by atoms with Crippen LogP contribution < -0.4 is 22.6 Å². The lowest BCUT2D eigenvalue weighted by molar-refractivity contribution is -0.894. The Hall–Kier alpha value is -0.510. The Morgan fingerprint density at radius 3 is 2.50 bits per heavy atom. The average Bonchev–Trinajstić information content (AvgIpc) is 2.27. The molecule has 3 nitrogen and oxygen atoms in total. The monoisotopic (exact) mass is 263 g/mol. The maximum absolute atomic E-state index is 5.75. The van der Waals surface area contributed by atoms with Gasteiger partial charge in [-0.1, -0.05) is 11.6 Å². The number of anilines is 1. The van der Waals surface area contributed by atoms with Crippen molar-refractivity contribution in [1.29, 1.82) is 0 Å². The maximum Gasteiger partial charge on any atom is 0.126 e. The van der Waals surface area contributed by atoms with E-state index >= 15 is 0 Å². The van der Waals surface area contributed by atoms with Gasteiger partial charge in [-0.2, -0.15) is 0 Å². The highest BCUT2D eigenvalue weighted by molar-refractivity contribution is 6.30. The molecular weight excluding hydrogens is 245 g/mol. The lowest BCUT2D eigenvalue weighted by atomic mass is 10.4. The molecule has 0 aliphatic heterocycles. The molecule has 16 heavy (non-hydrogen) atoms. The minimum Gasteiger partial charge on any atom is -1.00 e. The molecule has 0 amide bonds. The van der Waals surface area contributed by atoms with Crippen LogP contribution in [-0.4, -0.2) is 31.2 Å². The third-order valence-electron chi connectivity index (χ3n) is 2.51. The third-order valence-corrected chi connectivity index (χ3v) is 2.74. The van der Waals surface area contributed by atoms with Crippen LogP contribution in [0.5, 0.6) is 0 Å². The van der Waals surface area contributed by atoms with Crippen LogP contribution in [0, 0.1) is 0 Å². The fourth-order valence-corrected chi connectivity index (χ4v) is 1.56. The zero-order chi connectivity index (χ0) is 11.1. The van der Waals surface area contributed by atoms with Crippen LogP contribution in [0.2, 0.25) is 5.02 Å². The van der Waals surface area contributed by atoms with Crippen molar-refractivity contribution in [2.75, 3.05) is 31.5 Å². The van der Waals surface area contributed by atoms with Crippen LogP contribution >= 0.6 is 11.6 Å². The fraction of sp³-hybridized carbons (Fsp3) is 0.545. The number of rotatable bonds is 6. The van der Waals surface area contributed by atoms with Crippen molar-refractivity contribution in [2.45, 2.75) is 13.8 Å². The Labute approximate surface area is 109 Å².